The Balaban J connectivity index is 1.86. The first kappa shape index (κ1) is 16.9. The molecule has 1 aromatic heterocycles. The molecule has 0 radical (unpaired) electrons. The van der Waals surface area contributed by atoms with Crippen molar-refractivity contribution in [2.24, 2.45) is 5.92 Å². The Morgan fingerprint density at radius 1 is 1.29 bits per heavy atom. The minimum absolute atomic E-state index is 0.0419. The van der Waals surface area contributed by atoms with Crippen molar-refractivity contribution < 1.29 is 9.53 Å². The predicted molar refractivity (Wildman–Crippen MR) is 96.2 cm³/mol. The third kappa shape index (κ3) is 3.44. The van der Waals surface area contributed by atoms with E-state index in [9.17, 15) is 4.79 Å². The second-order valence-electron chi connectivity index (χ2n) is 6.43. The Hall–Kier alpha value is -1.94. The quantitative estimate of drug-likeness (QED) is 0.804. The average molecular weight is 347 g/mol. The molecule has 5 heteroatoms. The van der Waals surface area contributed by atoms with Gasteiger partial charge in [-0.1, -0.05) is 24.4 Å². The molecule has 1 fully saturated rings. The van der Waals surface area contributed by atoms with Gasteiger partial charge in [-0.05, 0) is 37.0 Å². The number of carbonyl (C=O) groups is 1. The van der Waals surface area contributed by atoms with Gasteiger partial charge in [0.15, 0.2) is 0 Å². The SMILES string of the molecule is COc1cc(-n2cccc2)c(Cl)cc1C(=O)N(C)CC1CCCC1. The minimum atomic E-state index is -0.0419. The summed E-state index contributed by atoms with van der Waals surface area (Å²) >= 11 is 6.42. The third-order valence-electron chi connectivity index (χ3n) is 4.74. The summed E-state index contributed by atoms with van der Waals surface area (Å²) in [4.78, 5) is 14.6. The first-order valence-corrected chi connectivity index (χ1v) is 8.74. The maximum absolute atomic E-state index is 12.8. The second-order valence-corrected chi connectivity index (χ2v) is 6.84. The van der Waals surface area contributed by atoms with E-state index in [0.717, 1.165) is 12.2 Å². The van der Waals surface area contributed by atoms with Crippen LogP contribution in [-0.2, 0) is 0 Å². The zero-order valence-electron chi connectivity index (χ0n) is 14.2. The molecule has 1 heterocycles. The van der Waals surface area contributed by atoms with Gasteiger partial charge in [0.1, 0.15) is 5.75 Å². The summed E-state index contributed by atoms with van der Waals surface area (Å²) < 4.78 is 7.36. The van der Waals surface area contributed by atoms with Gasteiger partial charge >= 0.3 is 0 Å². The van der Waals surface area contributed by atoms with Gasteiger partial charge in [0.05, 0.1) is 23.4 Å². The lowest BCUT2D eigenvalue weighted by Gasteiger charge is -2.22. The smallest absolute Gasteiger partial charge is 0.257 e. The molecule has 0 N–H and O–H groups in total. The molecular formula is C19H23ClN2O2. The van der Waals surface area contributed by atoms with E-state index < -0.39 is 0 Å². The molecule has 2 aromatic rings. The van der Waals surface area contributed by atoms with E-state index >= 15 is 0 Å². The van der Waals surface area contributed by atoms with Crippen LogP contribution in [0.2, 0.25) is 5.02 Å². The molecule has 0 unspecified atom stereocenters. The molecule has 24 heavy (non-hydrogen) atoms. The van der Waals surface area contributed by atoms with Crippen molar-refractivity contribution in [2.75, 3.05) is 20.7 Å². The molecule has 0 bridgehead atoms. The Bertz CT molecular complexity index is 706. The van der Waals surface area contributed by atoms with Crippen LogP contribution in [0.15, 0.2) is 36.7 Å². The largest absolute Gasteiger partial charge is 0.496 e. The van der Waals surface area contributed by atoms with E-state index in [0.29, 0.717) is 22.3 Å². The number of amides is 1. The van der Waals surface area contributed by atoms with E-state index in [-0.39, 0.29) is 5.91 Å². The number of carbonyl (C=O) groups excluding carboxylic acids is 1. The van der Waals surface area contributed by atoms with Crippen LogP contribution in [0.3, 0.4) is 0 Å². The molecular weight excluding hydrogens is 324 g/mol. The molecule has 1 aromatic carbocycles. The van der Waals surface area contributed by atoms with Crippen LogP contribution in [0, 0.1) is 5.92 Å². The summed E-state index contributed by atoms with van der Waals surface area (Å²) in [7, 11) is 3.43. The number of ether oxygens (including phenoxy) is 1. The number of halogens is 1. The molecule has 1 aliphatic carbocycles. The lowest BCUT2D eigenvalue weighted by Crippen LogP contribution is -2.31. The zero-order valence-corrected chi connectivity index (χ0v) is 14.9. The molecule has 128 valence electrons. The number of aromatic nitrogens is 1. The number of benzene rings is 1. The zero-order chi connectivity index (χ0) is 17.1. The fourth-order valence-electron chi connectivity index (χ4n) is 3.44. The fraction of sp³-hybridized carbons (Fsp3) is 0.421. The van der Waals surface area contributed by atoms with Crippen LogP contribution >= 0.6 is 11.6 Å². The normalized spacial score (nSPS) is 14.8. The molecule has 1 aliphatic rings. The highest BCUT2D eigenvalue weighted by Gasteiger charge is 2.23. The summed E-state index contributed by atoms with van der Waals surface area (Å²) in [6.07, 6.45) is 8.79. The summed E-state index contributed by atoms with van der Waals surface area (Å²) in [5.41, 5.74) is 1.31. The summed E-state index contributed by atoms with van der Waals surface area (Å²) in [6.45, 7) is 0.791. The van der Waals surface area contributed by atoms with Crippen LogP contribution in [0.5, 0.6) is 5.75 Å². The summed E-state index contributed by atoms with van der Waals surface area (Å²) in [6, 6.07) is 7.39. The van der Waals surface area contributed by atoms with Gasteiger partial charge < -0.3 is 14.2 Å². The fourth-order valence-corrected chi connectivity index (χ4v) is 3.70. The van der Waals surface area contributed by atoms with Crippen molar-refractivity contribution in [3.05, 3.63) is 47.2 Å². The standard InChI is InChI=1S/C19H23ClN2O2/c1-21(13-14-7-3-4-8-14)19(23)15-11-16(20)17(12-18(15)24-2)22-9-5-6-10-22/h5-6,9-12,14H,3-4,7-8,13H2,1-2H3. The molecule has 1 amide bonds. The topological polar surface area (TPSA) is 34.5 Å². The number of hydrogen-bond donors (Lipinski definition) is 0. The van der Waals surface area contributed by atoms with Crippen LogP contribution in [0.25, 0.3) is 5.69 Å². The molecule has 0 spiro atoms. The lowest BCUT2D eigenvalue weighted by molar-refractivity contribution is 0.0770. The highest BCUT2D eigenvalue weighted by molar-refractivity contribution is 6.33. The highest BCUT2D eigenvalue weighted by atomic mass is 35.5. The first-order valence-electron chi connectivity index (χ1n) is 8.36. The van der Waals surface area contributed by atoms with Gasteiger partial charge in [-0.25, -0.2) is 0 Å². The maximum Gasteiger partial charge on any atom is 0.257 e. The van der Waals surface area contributed by atoms with Crippen LogP contribution in [0.4, 0.5) is 0 Å². The van der Waals surface area contributed by atoms with Crippen molar-refractivity contribution in [1.29, 1.82) is 0 Å². The molecule has 0 saturated heterocycles. The van der Waals surface area contributed by atoms with Crippen molar-refractivity contribution in [3.8, 4) is 11.4 Å². The number of rotatable bonds is 5. The van der Waals surface area contributed by atoms with Gasteiger partial charge in [0.25, 0.3) is 5.91 Å². The first-order chi connectivity index (χ1) is 11.6. The van der Waals surface area contributed by atoms with Crippen LogP contribution < -0.4 is 4.74 Å². The highest BCUT2D eigenvalue weighted by Crippen LogP contribution is 2.31. The molecule has 1 saturated carbocycles. The summed E-state index contributed by atoms with van der Waals surface area (Å²) in [5.74, 6) is 1.12. The van der Waals surface area contributed by atoms with E-state index in [4.69, 9.17) is 16.3 Å². The Kier molecular flexibility index (Phi) is 5.14. The van der Waals surface area contributed by atoms with Crippen LogP contribution in [0.1, 0.15) is 36.0 Å². The average Bonchev–Trinajstić information content (AvgIpc) is 3.27. The van der Waals surface area contributed by atoms with E-state index in [1.54, 1.807) is 18.1 Å². The monoisotopic (exact) mass is 346 g/mol. The van der Waals surface area contributed by atoms with E-state index in [1.807, 2.05) is 42.2 Å². The van der Waals surface area contributed by atoms with Gasteiger partial charge in [-0.3, -0.25) is 4.79 Å². The second kappa shape index (κ2) is 7.31. The van der Waals surface area contributed by atoms with Crippen molar-refractivity contribution in [2.45, 2.75) is 25.7 Å². The van der Waals surface area contributed by atoms with E-state index in [2.05, 4.69) is 0 Å². The van der Waals surface area contributed by atoms with Gasteiger partial charge in [0, 0.05) is 32.1 Å². The third-order valence-corrected chi connectivity index (χ3v) is 5.04. The Morgan fingerprint density at radius 3 is 2.58 bits per heavy atom. The van der Waals surface area contributed by atoms with E-state index in [1.165, 1.54) is 25.7 Å². The molecule has 3 rings (SSSR count). The minimum Gasteiger partial charge on any atom is -0.496 e. The van der Waals surface area contributed by atoms with Crippen LogP contribution in [-0.4, -0.2) is 36.1 Å². The van der Waals surface area contributed by atoms with Crippen molar-refractivity contribution in [1.82, 2.24) is 9.47 Å². The van der Waals surface area contributed by atoms with Gasteiger partial charge in [0.2, 0.25) is 0 Å². The summed E-state index contributed by atoms with van der Waals surface area (Å²) in [5, 5.41) is 0.532. The van der Waals surface area contributed by atoms with Crippen molar-refractivity contribution >= 4 is 17.5 Å². The molecule has 0 atom stereocenters. The van der Waals surface area contributed by atoms with Crippen molar-refractivity contribution in [3.63, 3.8) is 0 Å². The van der Waals surface area contributed by atoms with Gasteiger partial charge in [-0.2, -0.15) is 0 Å². The van der Waals surface area contributed by atoms with Gasteiger partial charge in [-0.15, -0.1) is 0 Å². The molecule has 4 nitrogen and oxygen atoms in total. The number of nitrogens with zero attached hydrogens (tertiary/aromatic N) is 2. The maximum atomic E-state index is 12.8. The molecule has 0 aliphatic heterocycles. The Labute approximate surface area is 148 Å². The number of methoxy groups -OCH3 is 1. The predicted octanol–water partition coefficient (Wildman–Crippen LogP) is 4.40. The Morgan fingerprint density at radius 2 is 1.96 bits per heavy atom. The lowest BCUT2D eigenvalue weighted by atomic mass is 10.1. The number of hydrogen-bond acceptors (Lipinski definition) is 2.